The van der Waals surface area contributed by atoms with Gasteiger partial charge >= 0.3 is 0 Å². The number of aromatic hydroxyl groups is 1. The number of aryl methyl sites for hydroxylation is 2. The number of rotatable bonds is 4. The normalized spacial score (nSPS) is 28.2. The maximum atomic E-state index is 14.8. The molecule has 6 atom stereocenters. The maximum Gasteiger partial charge on any atom is 0.257 e. The van der Waals surface area contributed by atoms with Crippen LogP contribution in [0.3, 0.4) is 0 Å². The summed E-state index contributed by atoms with van der Waals surface area (Å²) >= 11 is 7.82. The van der Waals surface area contributed by atoms with Crippen molar-refractivity contribution in [2.75, 3.05) is 12.0 Å². The Balaban J connectivity index is 1.26. The zero-order chi connectivity index (χ0) is 34.0. The van der Waals surface area contributed by atoms with Gasteiger partial charge in [0.1, 0.15) is 11.5 Å². The molecule has 6 unspecified atom stereocenters. The van der Waals surface area contributed by atoms with Gasteiger partial charge in [0.05, 0.1) is 35.2 Å². The topological polar surface area (TPSA) is 142 Å². The molecule has 2 aromatic heterocycles. The van der Waals surface area contributed by atoms with Crippen molar-refractivity contribution in [1.82, 2.24) is 14.8 Å². The molecule has 8 rings (SSSR count). The lowest BCUT2D eigenvalue weighted by molar-refractivity contribution is -0.173. The third kappa shape index (κ3) is 3.99. The number of nitrogens with zero attached hydrogens (tertiary/aromatic N) is 4. The van der Waals surface area contributed by atoms with E-state index in [9.17, 15) is 29.5 Å². The third-order valence-electron chi connectivity index (χ3n) is 11.0. The van der Waals surface area contributed by atoms with Crippen molar-refractivity contribution in [1.29, 1.82) is 0 Å². The van der Waals surface area contributed by atoms with Crippen LogP contribution < -0.4 is 9.64 Å². The smallest absolute Gasteiger partial charge is 0.257 e. The number of ether oxygens (including phenoxy) is 1. The minimum Gasteiger partial charge on any atom is -0.504 e. The molecule has 1 saturated carbocycles. The Morgan fingerprint density at radius 3 is 2.54 bits per heavy atom. The van der Waals surface area contributed by atoms with Gasteiger partial charge in [-0.1, -0.05) is 29.3 Å². The van der Waals surface area contributed by atoms with Crippen molar-refractivity contribution in [2.45, 2.75) is 32.6 Å². The van der Waals surface area contributed by atoms with Crippen molar-refractivity contribution in [3.8, 4) is 22.1 Å². The fourth-order valence-corrected chi connectivity index (χ4v) is 10.0. The Morgan fingerprint density at radius 2 is 1.81 bits per heavy atom. The number of amides is 4. The van der Waals surface area contributed by atoms with Crippen LogP contribution in [-0.4, -0.2) is 55.9 Å². The molecule has 13 heteroatoms. The first-order valence-electron chi connectivity index (χ1n) is 15.6. The highest BCUT2D eigenvalue weighted by Gasteiger charge is 2.68. The lowest BCUT2D eigenvalue weighted by Crippen LogP contribution is -2.48. The van der Waals surface area contributed by atoms with E-state index in [4.69, 9.17) is 21.4 Å². The highest BCUT2D eigenvalue weighted by atomic mass is 35.5. The quantitative estimate of drug-likeness (QED) is 0.161. The van der Waals surface area contributed by atoms with Crippen molar-refractivity contribution < 1.29 is 34.2 Å². The average Bonchev–Trinajstić information content (AvgIpc) is 3.72. The van der Waals surface area contributed by atoms with Crippen molar-refractivity contribution >= 4 is 62.5 Å². The molecule has 0 radical (unpaired) electrons. The second-order valence-corrected chi connectivity index (χ2v) is 14.8. The van der Waals surface area contributed by atoms with Crippen LogP contribution in [-0.2, 0) is 26.2 Å². The summed E-state index contributed by atoms with van der Waals surface area (Å²) in [6.07, 6.45) is 2.22. The standard InChI is InChI=1S/C35H31ClN4O7S/c1-15-20-12-17(36)6-10-26(20)48-30(15)23-14-27(38(3)37-23)39-32(43)22-13-21-18(7-8-19-28(21)33(44)40(46)31(19)42)29(35(22,2)34(39)45)16-5-9-25(47-4)24(41)11-16/h5-7,9-12,14,19,21-22,28-29,41,46H,8,13H2,1-4H3. The number of phenolic OH excluding ortho intramolecular Hbond substituents is 1. The van der Waals surface area contributed by atoms with Gasteiger partial charge in [0.2, 0.25) is 11.8 Å². The maximum absolute atomic E-state index is 14.8. The first-order chi connectivity index (χ1) is 22.9. The van der Waals surface area contributed by atoms with E-state index in [1.807, 2.05) is 31.2 Å². The van der Waals surface area contributed by atoms with Crippen molar-refractivity contribution in [3.63, 3.8) is 0 Å². The number of aromatic nitrogens is 2. The Kier molecular flexibility index (Phi) is 6.73. The zero-order valence-electron chi connectivity index (χ0n) is 26.4. The van der Waals surface area contributed by atoms with Gasteiger partial charge in [0.25, 0.3) is 11.8 Å². The number of benzene rings is 2. The molecule has 246 valence electrons. The lowest BCUT2D eigenvalue weighted by Gasteiger charge is -2.49. The summed E-state index contributed by atoms with van der Waals surface area (Å²) in [4.78, 5) is 57.6. The van der Waals surface area contributed by atoms with Crippen LogP contribution in [0.2, 0.25) is 5.02 Å². The number of allylic oxidation sites excluding steroid dienone is 2. The van der Waals surface area contributed by atoms with Crippen LogP contribution in [0.1, 0.15) is 36.8 Å². The van der Waals surface area contributed by atoms with Gasteiger partial charge in [0.15, 0.2) is 11.5 Å². The van der Waals surface area contributed by atoms with Crippen LogP contribution in [0.15, 0.2) is 54.1 Å². The highest BCUT2D eigenvalue weighted by Crippen LogP contribution is 2.64. The van der Waals surface area contributed by atoms with E-state index in [1.165, 1.54) is 22.8 Å². The van der Waals surface area contributed by atoms with Gasteiger partial charge in [-0.3, -0.25) is 29.1 Å². The molecule has 4 heterocycles. The second-order valence-electron chi connectivity index (χ2n) is 13.3. The fourth-order valence-electron chi connectivity index (χ4n) is 8.70. The molecule has 0 spiro atoms. The van der Waals surface area contributed by atoms with Gasteiger partial charge in [-0.15, -0.1) is 11.3 Å². The Bertz CT molecular complexity index is 2150. The number of thiophene rings is 1. The SMILES string of the molecule is COc1ccc(C2C3=CCC4C(=O)N(O)C(=O)C4C3CC3C(=O)N(c4cc(-c5sc6ccc(Cl)cc6c5C)nn4C)C(=O)C32C)cc1O. The molecule has 4 amide bonds. The number of phenols is 1. The van der Waals surface area contributed by atoms with Crippen LogP contribution >= 0.6 is 22.9 Å². The van der Waals surface area contributed by atoms with Gasteiger partial charge < -0.3 is 9.84 Å². The lowest BCUT2D eigenvalue weighted by atomic mass is 9.51. The fraction of sp³-hybridized carbons (Fsp3) is 0.343. The van der Waals surface area contributed by atoms with Crippen LogP contribution in [0.25, 0.3) is 20.7 Å². The second kappa shape index (κ2) is 10.5. The summed E-state index contributed by atoms with van der Waals surface area (Å²) in [7, 11) is 3.12. The summed E-state index contributed by atoms with van der Waals surface area (Å²) in [6, 6.07) is 12.3. The number of methoxy groups -OCH3 is 1. The van der Waals surface area contributed by atoms with E-state index in [1.54, 1.807) is 43.5 Å². The largest absolute Gasteiger partial charge is 0.504 e. The number of hydroxylamine groups is 2. The molecular formula is C35H31ClN4O7S. The number of hydrogen-bond acceptors (Lipinski definition) is 9. The summed E-state index contributed by atoms with van der Waals surface area (Å²) in [6.45, 7) is 3.75. The number of hydrogen-bond donors (Lipinski definition) is 2. The van der Waals surface area contributed by atoms with Crippen molar-refractivity contribution in [2.24, 2.45) is 36.1 Å². The van der Waals surface area contributed by atoms with Gasteiger partial charge in [0, 0.05) is 28.8 Å². The van der Waals surface area contributed by atoms with Crippen molar-refractivity contribution in [3.05, 3.63) is 70.3 Å². The predicted octanol–water partition coefficient (Wildman–Crippen LogP) is 5.60. The molecule has 2 aromatic carbocycles. The van der Waals surface area contributed by atoms with E-state index in [-0.39, 0.29) is 29.4 Å². The molecule has 0 bridgehead atoms. The third-order valence-corrected chi connectivity index (χ3v) is 12.5. The predicted molar refractivity (Wildman–Crippen MR) is 177 cm³/mol. The van der Waals surface area contributed by atoms with Gasteiger partial charge in [-0.25, -0.2) is 4.90 Å². The van der Waals surface area contributed by atoms with Crippen LogP contribution in [0, 0.1) is 36.0 Å². The van der Waals surface area contributed by atoms with E-state index in [0.29, 0.717) is 22.1 Å². The van der Waals surface area contributed by atoms with Crippen LogP contribution in [0.4, 0.5) is 5.82 Å². The minimum absolute atomic E-state index is 0.134. The Hall–Kier alpha value is -4.52. The molecule has 4 aromatic rings. The first-order valence-corrected chi connectivity index (χ1v) is 16.8. The van der Waals surface area contributed by atoms with E-state index < -0.39 is 58.6 Å². The van der Waals surface area contributed by atoms with E-state index in [2.05, 4.69) is 0 Å². The molecule has 11 nitrogen and oxygen atoms in total. The Morgan fingerprint density at radius 1 is 1.04 bits per heavy atom. The number of fused-ring (bicyclic) bond motifs is 5. The molecule has 3 fully saturated rings. The summed E-state index contributed by atoms with van der Waals surface area (Å²) < 4.78 is 7.84. The number of carbonyl (C=O) groups is 4. The summed E-state index contributed by atoms with van der Waals surface area (Å²) in [5, 5.41) is 27.7. The molecule has 4 aliphatic rings. The van der Waals surface area contributed by atoms with E-state index >= 15 is 0 Å². The summed E-state index contributed by atoms with van der Waals surface area (Å²) in [5.41, 5.74) is 1.59. The zero-order valence-corrected chi connectivity index (χ0v) is 28.0. The molecule has 2 aliphatic heterocycles. The van der Waals surface area contributed by atoms with E-state index in [0.717, 1.165) is 26.1 Å². The molecular weight excluding hydrogens is 656 g/mol. The first kappa shape index (κ1) is 30.8. The number of halogens is 1. The number of anilines is 1. The highest BCUT2D eigenvalue weighted by molar-refractivity contribution is 7.22. The van der Waals surface area contributed by atoms with Gasteiger partial charge in [-0.05, 0) is 79.5 Å². The monoisotopic (exact) mass is 686 g/mol. The Labute approximate surface area is 283 Å². The number of imide groups is 2. The average molecular weight is 687 g/mol. The van der Waals surface area contributed by atoms with Crippen LogP contribution in [0.5, 0.6) is 11.5 Å². The number of carbonyl (C=O) groups excluding carboxylic acids is 4. The summed E-state index contributed by atoms with van der Waals surface area (Å²) in [5.74, 6) is -5.61. The molecule has 2 N–H and O–H groups in total. The molecule has 2 saturated heterocycles. The molecule has 48 heavy (non-hydrogen) atoms. The minimum atomic E-state index is -1.31. The molecule has 2 aliphatic carbocycles. The van der Waals surface area contributed by atoms with Gasteiger partial charge in [-0.2, -0.15) is 10.2 Å².